The van der Waals surface area contributed by atoms with E-state index in [1.165, 1.54) is 14.2 Å². The molecule has 0 aromatic heterocycles. The monoisotopic (exact) mass is 376 g/mol. The van der Waals surface area contributed by atoms with Gasteiger partial charge in [-0.1, -0.05) is 30.3 Å². The van der Waals surface area contributed by atoms with Crippen molar-refractivity contribution in [2.45, 2.75) is 0 Å². The smallest absolute Gasteiger partial charge is 0.263 e. The zero-order valence-corrected chi connectivity index (χ0v) is 15.6. The van der Waals surface area contributed by atoms with Gasteiger partial charge in [-0.2, -0.15) is 0 Å². The van der Waals surface area contributed by atoms with Crippen molar-refractivity contribution in [2.24, 2.45) is 0 Å². The molecule has 0 aliphatic heterocycles. The first-order chi connectivity index (χ1) is 13.6. The maximum atomic E-state index is 12.8. The summed E-state index contributed by atoms with van der Waals surface area (Å²) < 4.78 is 10.5. The Kier molecular flexibility index (Phi) is 5.91. The standard InChI is InChI=1S/C22H20N2O4/c1-27-18-12-7-13-19(28-2)20(18)22(26)24-17-11-6-8-15(14-17)21(25)23-16-9-4-3-5-10-16/h3-14H,1-2H3,(H,23,25)(H,24,26). The Morgan fingerprint density at radius 1 is 0.679 bits per heavy atom. The summed E-state index contributed by atoms with van der Waals surface area (Å²) in [5.41, 5.74) is 1.89. The van der Waals surface area contributed by atoms with Gasteiger partial charge in [0.15, 0.2) is 0 Å². The molecule has 0 heterocycles. The minimum atomic E-state index is -0.394. The summed E-state index contributed by atoms with van der Waals surface area (Å²) in [5, 5.41) is 5.60. The maximum Gasteiger partial charge on any atom is 0.263 e. The summed E-state index contributed by atoms with van der Waals surface area (Å²) in [5.74, 6) is 0.136. The second kappa shape index (κ2) is 8.73. The first-order valence-corrected chi connectivity index (χ1v) is 8.61. The lowest BCUT2D eigenvalue weighted by Gasteiger charge is -2.13. The molecule has 0 bridgehead atoms. The van der Waals surface area contributed by atoms with Gasteiger partial charge in [-0.3, -0.25) is 9.59 Å². The van der Waals surface area contributed by atoms with E-state index in [0.29, 0.717) is 28.4 Å². The lowest BCUT2D eigenvalue weighted by molar-refractivity contribution is 0.101. The zero-order chi connectivity index (χ0) is 19.9. The SMILES string of the molecule is COc1cccc(OC)c1C(=O)Nc1cccc(C(=O)Nc2ccccc2)c1. The van der Waals surface area contributed by atoms with E-state index in [1.807, 2.05) is 18.2 Å². The molecule has 0 aliphatic carbocycles. The molecule has 6 heteroatoms. The highest BCUT2D eigenvalue weighted by molar-refractivity contribution is 6.09. The highest BCUT2D eigenvalue weighted by atomic mass is 16.5. The van der Waals surface area contributed by atoms with Crippen LogP contribution in [0.1, 0.15) is 20.7 Å². The average Bonchev–Trinajstić information content (AvgIpc) is 2.73. The summed E-state index contributed by atoms with van der Waals surface area (Å²) in [6, 6.07) is 21.0. The molecule has 0 spiro atoms. The van der Waals surface area contributed by atoms with Crippen LogP contribution in [0.5, 0.6) is 11.5 Å². The van der Waals surface area contributed by atoms with Gasteiger partial charge in [0.25, 0.3) is 11.8 Å². The second-order valence-corrected chi connectivity index (χ2v) is 5.89. The molecular weight excluding hydrogens is 356 g/mol. The molecule has 0 unspecified atom stereocenters. The number of ether oxygens (including phenoxy) is 2. The molecular formula is C22H20N2O4. The van der Waals surface area contributed by atoms with Gasteiger partial charge in [0.2, 0.25) is 0 Å². The van der Waals surface area contributed by atoms with Crippen molar-refractivity contribution in [3.63, 3.8) is 0 Å². The zero-order valence-electron chi connectivity index (χ0n) is 15.6. The van der Waals surface area contributed by atoms with Crippen molar-refractivity contribution < 1.29 is 19.1 Å². The predicted octanol–water partition coefficient (Wildman–Crippen LogP) is 4.21. The number of nitrogens with one attached hydrogen (secondary N) is 2. The molecule has 0 radical (unpaired) electrons. The van der Waals surface area contributed by atoms with Crippen LogP contribution < -0.4 is 20.1 Å². The number of benzene rings is 3. The van der Waals surface area contributed by atoms with Crippen LogP contribution in [0, 0.1) is 0 Å². The minimum Gasteiger partial charge on any atom is -0.496 e. The van der Waals surface area contributed by atoms with Gasteiger partial charge in [0.1, 0.15) is 17.1 Å². The predicted molar refractivity (Wildman–Crippen MR) is 108 cm³/mol. The minimum absolute atomic E-state index is 0.267. The van der Waals surface area contributed by atoms with Gasteiger partial charge in [-0.25, -0.2) is 0 Å². The van der Waals surface area contributed by atoms with Gasteiger partial charge in [0, 0.05) is 16.9 Å². The first-order valence-electron chi connectivity index (χ1n) is 8.61. The van der Waals surface area contributed by atoms with E-state index < -0.39 is 5.91 Å². The number of carbonyl (C=O) groups excluding carboxylic acids is 2. The van der Waals surface area contributed by atoms with Crippen LogP contribution >= 0.6 is 0 Å². The van der Waals surface area contributed by atoms with Crippen molar-refractivity contribution in [2.75, 3.05) is 24.9 Å². The molecule has 0 atom stereocenters. The van der Waals surface area contributed by atoms with Gasteiger partial charge in [0.05, 0.1) is 14.2 Å². The quantitative estimate of drug-likeness (QED) is 0.676. The Morgan fingerprint density at radius 3 is 1.89 bits per heavy atom. The molecule has 142 valence electrons. The van der Waals surface area contributed by atoms with Crippen molar-refractivity contribution in [3.05, 3.63) is 83.9 Å². The van der Waals surface area contributed by atoms with Crippen LogP contribution in [0.2, 0.25) is 0 Å². The number of anilines is 2. The largest absolute Gasteiger partial charge is 0.496 e. The first kappa shape index (κ1) is 19.0. The van der Waals surface area contributed by atoms with E-state index in [0.717, 1.165) is 0 Å². The summed E-state index contributed by atoms with van der Waals surface area (Å²) in [4.78, 5) is 25.2. The molecule has 2 N–H and O–H groups in total. The van der Waals surface area contributed by atoms with Gasteiger partial charge in [-0.05, 0) is 42.5 Å². The highest BCUT2D eigenvalue weighted by Gasteiger charge is 2.18. The maximum absolute atomic E-state index is 12.8. The third-order valence-corrected chi connectivity index (χ3v) is 4.07. The fourth-order valence-corrected chi connectivity index (χ4v) is 2.73. The molecule has 28 heavy (non-hydrogen) atoms. The number of rotatable bonds is 6. The van der Waals surface area contributed by atoms with E-state index in [4.69, 9.17) is 9.47 Å². The fourth-order valence-electron chi connectivity index (χ4n) is 2.73. The Labute approximate surface area is 163 Å². The van der Waals surface area contributed by atoms with Gasteiger partial charge in [-0.15, -0.1) is 0 Å². The van der Waals surface area contributed by atoms with Crippen LogP contribution in [0.15, 0.2) is 72.8 Å². The van der Waals surface area contributed by atoms with Crippen LogP contribution in [-0.4, -0.2) is 26.0 Å². The Bertz CT molecular complexity index is 965. The number of hydrogen-bond acceptors (Lipinski definition) is 4. The molecule has 0 saturated heterocycles. The van der Waals surface area contributed by atoms with E-state index in [2.05, 4.69) is 10.6 Å². The van der Waals surface area contributed by atoms with E-state index >= 15 is 0 Å². The Hall–Kier alpha value is -3.80. The molecule has 3 aromatic rings. The second-order valence-electron chi connectivity index (χ2n) is 5.89. The van der Waals surface area contributed by atoms with Crippen LogP contribution in [0.4, 0.5) is 11.4 Å². The lowest BCUT2D eigenvalue weighted by Crippen LogP contribution is -2.16. The molecule has 3 rings (SSSR count). The van der Waals surface area contributed by atoms with Crippen molar-refractivity contribution in [1.29, 1.82) is 0 Å². The van der Waals surface area contributed by atoms with Crippen molar-refractivity contribution >= 4 is 23.2 Å². The third kappa shape index (κ3) is 4.29. The number of methoxy groups -OCH3 is 2. The number of hydrogen-bond donors (Lipinski definition) is 2. The topological polar surface area (TPSA) is 76.7 Å². The van der Waals surface area contributed by atoms with Crippen molar-refractivity contribution in [3.8, 4) is 11.5 Å². The molecule has 3 aromatic carbocycles. The molecule has 0 aliphatic rings. The number of carbonyl (C=O) groups is 2. The Balaban J connectivity index is 1.80. The molecule has 2 amide bonds. The molecule has 0 fully saturated rings. The number of amides is 2. The van der Waals surface area contributed by atoms with Crippen LogP contribution in [0.25, 0.3) is 0 Å². The summed E-state index contributed by atoms with van der Waals surface area (Å²) in [6.07, 6.45) is 0. The van der Waals surface area contributed by atoms with Gasteiger partial charge < -0.3 is 20.1 Å². The van der Waals surface area contributed by atoms with Crippen molar-refractivity contribution in [1.82, 2.24) is 0 Å². The summed E-state index contributed by atoms with van der Waals surface area (Å²) in [7, 11) is 2.97. The normalized spacial score (nSPS) is 10.1. The van der Waals surface area contributed by atoms with E-state index in [-0.39, 0.29) is 11.5 Å². The van der Waals surface area contributed by atoms with E-state index in [1.54, 1.807) is 54.6 Å². The Morgan fingerprint density at radius 2 is 1.25 bits per heavy atom. The third-order valence-electron chi connectivity index (χ3n) is 4.07. The highest BCUT2D eigenvalue weighted by Crippen LogP contribution is 2.29. The fraction of sp³-hybridized carbons (Fsp3) is 0.0909. The molecule has 6 nitrogen and oxygen atoms in total. The molecule has 0 saturated carbocycles. The average molecular weight is 376 g/mol. The van der Waals surface area contributed by atoms with Crippen LogP contribution in [0.3, 0.4) is 0 Å². The summed E-state index contributed by atoms with van der Waals surface area (Å²) >= 11 is 0. The number of para-hydroxylation sites is 1. The lowest BCUT2D eigenvalue weighted by atomic mass is 10.1. The van der Waals surface area contributed by atoms with Crippen LogP contribution in [-0.2, 0) is 0 Å². The van der Waals surface area contributed by atoms with E-state index in [9.17, 15) is 9.59 Å². The summed E-state index contributed by atoms with van der Waals surface area (Å²) in [6.45, 7) is 0. The van der Waals surface area contributed by atoms with Gasteiger partial charge >= 0.3 is 0 Å².